The maximum atomic E-state index is 11.2. The normalized spacial score (nSPS) is 10.1. The first kappa shape index (κ1) is 11.9. The summed E-state index contributed by atoms with van der Waals surface area (Å²) in [5.41, 5.74) is 1.06. The summed E-state index contributed by atoms with van der Waals surface area (Å²) in [6.07, 6.45) is 2.78. The second-order valence-electron chi connectivity index (χ2n) is 3.23. The van der Waals surface area contributed by atoms with Gasteiger partial charge in [0.1, 0.15) is 0 Å². The molecule has 0 unspecified atom stereocenters. The SMILES string of the molecule is C=C(C)C(=O)OC(=O)C=Cc1ccccc1. The van der Waals surface area contributed by atoms with Crippen molar-refractivity contribution in [3.8, 4) is 0 Å². The van der Waals surface area contributed by atoms with Gasteiger partial charge in [-0.05, 0) is 18.6 Å². The third-order valence-corrected chi connectivity index (χ3v) is 1.75. The molecule has 1 aromatic rings. The van der Waals surface area contributed by atoms with E-state index in [0.29, 0.717) is 0 Å². The highest BCUT2D eigenvalue weighted by Gasteiger charge is 2.07. The number of carbonyl (C=O) groups is 2. The molecular weight excluding hydrogens is 204 g/mol. The summed E-state index contributed by atoms with van der Waals surface area (Å²) in [6, 6.07) is 9.25. The monoisotopic (exact) mass is 216 g/mol. The van der Waals surface area contributed by atoms with E-state index in [-0.39, 0.29) is 5.57 Å². The van der Waals surface area contributed by atoms with E-state index in [1.807, 2.05) is 30.3 Å². The Labute approximate surface area is 94.0 Å². The predicted molar refractivity (Wildman–Crippen MR) is 61.4 cm³/mol. The van der Waals surface area contributed by atoms with Gasteiger partial charge in [-0.15, -0.1) is 0 Å². The van der Waals surface area contributed by atoms with Gasteiger partial charge in [-0.25, -0.2) is 9.59 Å². The quantitative estimate of drug-likeness (QED) is 0.442. The highest BCUT2D eigenvalue weighted by molar-refractivity contribution is 6.00. The number of hydrogen-bond donors (Lipinski definition) is 0. The highest BCUT2D eigenvalue weighted by atomic mass is 16.6. The minimum atomic E-state index is -0.706. The maximum Gasteiger partial charge on any atom is 0.340 e. The van der Waals surface area contributed by atoms with E-state index in [9.17, 15) is 9.59 Å². The molecule has 0 aromatic heterocycles. The lowest BCUT2D eigenvalue weighted by atomic mass is 10.2. The van der Waals surface area contributed by atoms with Crippen molar-refractivity contribution in [1.82, 2.24) is 0 Å². The Kier molecular flexibility index (Phi) is 4.21. The van der Waals surface area contributed by atoms with Crippen molar-refractivity contribution in [1.29, 1.82) is 0 Å². The zero-order chi connectivity index (χ0) is 12.0. The van der Waals surface area contributed by atoms with Crippen LogP contribution in [0, 0.1) is 0 Å². The van der Waals surface area contributed by atoms with Gasteiger partial charge < -0.3 is 4.74 Å². The van der Waals surface area contributed by atoms with E-state index >= 15 is 0 Å². The van der Waals surface area contributed by atoms with Crippen LogP contribution in [-0.4, -0.2) is 11.9 Å². The molecule has 0 atom stereocenters. The molecule has 0 bridgehead atoms. The third-order valence-electron chi connectivity index (χ3n) is 1.75. The van der Waals surface area contributed by atoms with Crippen molar-refractivity contribution in [2.45, 2.75) is 6.92 Å². The summed E-state index contributed by atoms with van der Waals surface area (Å²) in [4.78, 5) is 22.1. The van der Waals surface area contributed by atoms with Crippen molar-refractivity contribution < 1.29 is 14.3 Å². The minimum Gasteiger partial charge on any atom is -0.386 e. The van der Waals surface area contributed by atoms with Crippen LogP contribution in [0.4, 0.5) is 0 Å². The average Bonchev–Trinajstić information content (AvgIpc) is 2.27. The second-order valence-corrected chi connectivity index (χ2v) is 3.23. The summed E-state index contributed by atoms with van der Waals surface area (Å²) in [6.45, 7) is 4.86. The van der Waals surface area contributed by atoms with Crippen molar-refractivity contribution in [3.63, 3.8) is 0 Å². The van der Waals surface area contributed by atoms with Crippen LogP contribution >= 0.6 is 0 Å². The van der Waals surface area contributed by atoms with Crippen LogP contribution < -0.4 is 0 Å². The fourth-order valence-electron chi connectivity index (χ4n) is 0.941. The molecule has 0 aliphatic heterocycles. The number of esters is 2. The van der Waals surface area contributed by atoms with Crippen molar-refractivity contribution >= 4 is 18.0 Å². The minimum absolute atomic E-state index is 0.196. The smallest absolute Gasteiger partial charge is 0.340 e. The van der Waals surface area contributed by atoms with Crippen molar-refractivity contribution in [2.75, 3.05) is 0 Å². The van der Waals surface area contributed by atoms with E-state index < -0.39 is 11.9 Å². The van der Waals surface area contributed by atoms with Gasteiger partial charge >= 0.3 is 11.9 Å². The van der Waals surface area contributed by atoms with Crippen molar-refractivity contribution in [2.24, 2.45) is 0 Å². The third kappa shape index (κ3) is 3.92. The number of hydrogen-bond acceptors (Lipinski definition) is 3. The Morgan fingerprint density at radius 1 is 1.25 bits per heavy atom. The molecule has 0 fully saturated rings. The molecule has 0 radical (unpaired) electrons. The van der Waals surface area contributed by atoms with Gasteiger partial charge in [0.05, 0.1) is 0 Å². The summed E-state index contributed by atoms with van der Waals surface area (Å²) in [5, 5.41) is 0. The maximum absolute atomic E-state index is 11.2. The Morgan fingerprint density at radius 2 is 1.88 bits per heavy atom. The van der Waals surface area contributed by atoms with Gasteiger partial charge in [0.25, 0.3) is 0 Å². The molecule has 1 rings (SSSR count). The summed E-state index contributed by atoms with van der Waals surface area (Å²) in [5.74, 6) is -1.40. The van der Waals surface area contributed by atoms with Crippen LogP contribution in [0.3, 0.4) is 0 Å². The fourth-order valence-corrected chi connectivity index (χ4v) is 0.941. The Hall–Kier alpha value is -2.16. The summed E-state index contributed by atoms with van der Waals surface area (Å²) in [7, 11) is 0. The van der Waals surface area contributed by atoms with Crippen LogP contribution in [0.5, 0.6) is 0 Å². The molecular formula is C13H12O3. The van der Waals surface area contributed by atoms with E-state index in [4.69, 9.17) is 0 Å². The molecule has 0 aliphatic carbocycles. The average molecular weight is 216 g/mol. The molecule has 16 heavy (non-hydrogen) atoms. The molecule has 0 spiro atoms. The molecule has 0 aliphatic rings. The van der Waals surface area contributed by atoms with E-state index in [1.165, 1.54) is 13.0 Å². The fraction of sp³-hybridized carbons (Fsp3) is 0.0769. The number of ether oxygens (including phenoxy) is 1. The van der Waals surface area contributed by atoms with Crippen LogP contribution in [0.1, 0.15) is 12.5 Å². The topological polar surface area (TPSA) is 43.4 Å². The van der Waals surface area contributed by atoms with E-state index in [2.05, 4.69) is 11.3 Å². The zero-order valence-corrected chi connectivity index (χ0v) is 8.97. The van der Waals surface area contributed by atoms with E-state index in [1.54, 1.807) is 6.08 Å². The summed E-state index contributed by atoms with van der Waals surface area (Å²) < 4.78 is 4.47. The van der Waals surface area contributed by atoms with Gasteiger partial charge in [0.15, 0.2) is 0 Å². The molecule has 3 heteroatoms. The molecule has 3 nitrogen and oxygen atoms in total. The molecule has 1 aromatic carbocycles. The highest BCUT2D eigenvalue weighted by Crippen LogP contribution is 2.01. The lowest BCUT2D eigenvalue weighted by Gasteiger charge is -1.97. The molecule has 0 saturated carbocycles. The zero-order valence-electron chi connectivity index (χ0n) is 8.97. The largest absolute Gasteiger partial charge is 0.386 e. The first-order valence-corrected chi connectivity index (χ1v) is 4.74. The first-order chi connectivity index (χ1) is 7.59. The lowest BCUT2D eigenvalue weighted by molar-refractivity contribution is -0.153. The van der Waals surface area contributed by atoms with Gasteiger partial charge in [-0.3, -0.25) is 0 Å². The molecule has 0 saturated heterocycles. The van der Waals surface area contributed by atoms with Gasteiger partial charge in [-0.1, -0.05) is 36.9 Å². The molecule has 0 N–H and O–H groups in total. The Balaban J connectivity index is 2.55. The van der Waals surface area contributed by atoms with Crippen LogP contribution in [0.15, 0.2) is 48.6 Å². The number of carbonyl (C=O) groups excluding carboxylic acids is 2. The molecule has 0 heterocycles. The van der Waals surface area contributed by atoms with E-state index in [0.717, 1.165) is 5.56 Å². The lowest BCUT2D eigenvalue weighted by Crippen LogP contribution is -2.10. The second kappa shape index (κ2) is 5.66. The standard InChI is InChI=1S/C13H12O3/c1-10(2)13(15)16-12(14)9-8-11-6-4-3-5-7-11/h3-9H,1H2,2H3. The Morgan fingerprint density at radius 3 is 2.44 bits per heavy atom. The number of benzene rings is 1. The summed E-state index contributed by atoms with van der Waals surface area (Å²) >= 11 is 0. The van der Waals surface area contributed by atoms with Crippen LogP contribution in [-0.2, 0) is 14.3 Å². The molecule has 82 valence electrons. The van der Waals surface area contributed by atoms with Crippen LogP contribution in [0.25, 0.3) is 6.08 Å². The van der Waals surface area contributed by atoms with Crippen LogP contribution in [0.2, 0.25) is 0 Å². The van der Waals surface area contributed by atoms with Crippen molar-refractivity contribution in [3.05, 3.63) is 54.1 Å². The predicted octanol–water partition coefficient (Wildman–Crippen LogP) is 2.35. The first-order valence-electron chi connectivity index (χ1n) is 4.74. The van der Waals surface area contributed by atoms with Gasteiger partial charge in [0.2, 0.25) is 0 Å². The number of rotatable bonds is 3. The van der Waals surface area contributed by atoms with Gasteiger partial charge in [-0.2, -0.15) is 0 Å². The Bertz CT molecular complexity index is 430. The van der Waals surface area contributed by atoms with Gasteiger partial charge in [0, 0.05) is 11.6 Å². The molecule has 0 amide bonds.